The molecule has 0 aliphatic rings. The number of benzene rings is 2. The molecule has 0 atom stereocenters. The Morgan fingerprint density at radius 3 is 2.00 bits per heavy atom. The van der Waals surface area contributed by atoms with Gasteiger partial charge < -0.3 is 0 Å². The number of carbonyl (C=O) groups is 1. The topological polar surface area (TPSA) is 17.1 Å². The Labute approximate surface area is 121 Å². The Morgan fingerprint density at radius 2 is 1.35 bits per heavy atom. The molecule has 0 unspecified atom stereocenters. The molecular formula is C19H22O. The van der Waals surface area contributed by atoms with Gasteiger partial charge >= 0.3 is 0 Å². The third kappa shape index (κ3) is 2.98. The average Bonchev–Trinajstić information content (AvgIpc) is 2.38. The van der Waals surface area contributed by atoms with Gasteiger partial charge in [-0.15, -0.1) is 0 Å². The van der Waals surface area contributed by atoms with Crippen LogP contribution in [0.25, 0.3) is 0 Å². The van der Waals surface area contributed by atoms with Crippen LogP contribution < -0.4 is 0 Å². The van der Waals surface area contributed by atoms with Crippen LogP contribution >= 0.6 is 0 Å². The molecule has 0 saturated carbocycles. The fourth-order valence-corrected chi connectivity index (χ4v) is 2.46. The molecule has 0 radical (unpaired) electrons. The summed E-state index contributed by atoms with van der Waals surface area (Å²) in [5, 5.41) is 0. The Balaban J connectivity index is 2.28. The van der Waals surface area contributed by atoms with E-state index in [-0.39, 0.29) is 5.78 Å². The van der Waals surface area contributed by atoms with E-state index in [0.29, 0.717) is 6.42 Å². The molecule has 2 aromatic rings. The predicted molar refractivity (Wildman–Crippen MR) is 84.6 cm³/mol. The van der Waals surface area contributed by atoms with Crippen LogP contribution in [0.1, 0.15) is 43.7 Å². The van der Waals surface area contributed by atoms with Crippen molar-refractivity contribution in [2.24, 2.45) is 0 Å². The average molecular weight is 266 g/mol. The lowest BCUT2D eigenvalue weighted by molar-refractivity contribution is 0.0992. The van der Waals surface area contributed by atoms with Crippen molar-refractivity contribution >= 4 is 5.78 Å². The van der Waals surface area contributed by atoms with E-state index >= 15 is 0 Å². The van der Waals surface area contributed by atoms with Crippen LogP contribution in [-0.4, -0.2) is 5.78 Å². The molecule has 0 N–H and O–H groups in total. The zero-order chi connectivity index (χ0) is 14.9. The summed E-state index contributed by atoms with van der Waals surface area (Å²) < 4.78 is 0. The van der Waals surface area contributed by atoms with E-state index in [1.807, 2.05) is 13.0 Å². The Bertz CT molecular complexity index is 666. The number of rotatable bonds is 3. The Hall–Kier alpha value is -1.89. The third-order valence-corrected chi connectivity index (χ3v) is 4.08. The number of Topliss-reactive ketones (excluding diaryl/α,β-unsaturated/α-hetero) is 1. The second-order valence-electron chi connectivity index (χ2n) is 5.77. The molecule has 0 aliphatic heterocycles. The van der Waals surface area contributed by atoms with Gasteiger partial charge in [-0.2, -0.15) is 0 Å². The molecule has 0 saturated heterocycles. The first kappa shape index (κ1) is 14.5. The smallest absolute Gasteiger partial charge is 0.167 e. The molecule has 0 bridgehead atoms. The lowest BCUT2D eigenvalue weighted by atomic mass is 9.94. The van der Waals surface area contributed by atoms with Gasteiger partial charge in [0.05, 0.1) is 0 Å². The summed E-state index contributed by atoms with van der Waals surface area (Å²) in [5.41, 5.74) is 7.95. The largest absolute Gasteiger partial charge is 0.294 e. The molecule has 1 nitrogen and oxygen atoms in total. The molecule has 0 aromatic heterocycles. The van der Waals surface area contributed by atoms with E-state index in [0.717, 1.165) is 16.7 Å². The highest BCUT2D eigenvalue weighted by Crippen LogP contribution is 2.18. The van der Waals surface area contributed by atoms with E-state index in [2.05, 4.69) is 52.0 Å². The minimum absolute atomic E-state index is 0.203. The molecule has 0 heterocycles. The van der Waals surface area contributed by atoms with Crippen molar-refractivity contribution in [3.05, 3.63) is 69.3 Å². The van der Waals surface area contributed by atoms with Crippen molar-refractivity contribution in [1.29, 1.82) is 0 Å². The number of hydrogen-bond donors (Lipinski definition) is 0. The van der Waals surface area contributed by atoms with Gasteiger partial charge in [-0.05, 0) is 74.1 Å². The fourth-order valence-electron chi connectivity index (χ4n) is 2.46. The predicted octanol–water partition coefficient (Wildman–Crippen LogP) is 4.65. The lowest BCUT2D eigenvalue weighted by Gasteiger charge is -2.10. The standard InChI is InChI=1S/C19H22O/c1-12-6-7-17(9-14(12)3)11-19(20)18-10-15(4)13(2)8-16(18)5/h6-10H,11H2,1-5H3. The van der Waals surface area contributed by atoms with Crippen LogP contribution in [0.15, 0.2) is 30.3 Å². The first-order valence-corrected chi connectivity index (χ1v) is 7.05. The molecule has 2 aromatic carbocycles. The molecule has 2 rings (SSSR count). The van der Waals surface area contributed by atoms with Gasteiger partial charge in [0.2, 0.25) is 0 Å². The van der Waals surface area contributed by atoms with E-state index in [9.17, 15) is 4.79 Å². The minimum Gasteiger partial charge on any atom is -0.294 e. The molecule has 0 aliphatic carbocycles. The second kappa shape index (κ2) is 5.62. The van der Waals surface area contributed by atoms with Gasteiger partial charge in [0.25, 0.3) is 0 Å². The van der Waals surface area contributed by atoms with Crippen molar-refractivity contribution < 1.29 is 4.79 Å². The summed E-state index contributed by atoms with van der Waals surface area (Å²) in [4.78, 5) is 12.5. The normalized spacial score (nSPS) is 10.7. The molecular weight excluding hydrogens is 244 g/mol. The molecule has 0 fully saturated rings. The molecule has 1 heteroatoms. The number of ketones is 1. The summed E-state index contributed by atoms with van der Waals surface area (Å²) in [7, 11) is 0. The molecule has 0 spiro atoms. The van der Waals surface area contributed by atoms with Crippen molar-refractivity contribution in [2.75, 3.05) is 0 Å². The van der Waals surface area contributed by atoms with Gasteiger partial charge in [0.15, 0.2) is 5.78 Å². The first-order valence-electron chi connectivity index (χ1n) is 7.05. The van der Waals surface area contributed by atoms with E-state index in [4.69, 9.17) is 0 Å². The molecule has 0 amide bonds. The summed E-state index contributed by atoms with van der Waals surface area (Å²) in [6, 6.07) is 10.4. The van der Waals surface area contributed by atoms with Gasteiger partial charge in [-0.25, -0.2) is 0 Å². The SMILES string of the molecule is Cc1ccc(CC(=O)c2cc(C)c(C)cc2C)cc1C. The number of aryl methyl sites for hydroxylation is 5. The first-order chi connectivity index (χ1) is 9.38. The molecule has 20 heavy (non-hydrogen) atoms. The summed E-state index contributed by atoms with van der Waals surface area (Å²) >= 11 is 0. The third-order valence-electron chi connectivity index (χ3n) is 4.08. The van der Waals surface area contributed by atoms with Crippen LogP contribution in [0.3, 0.4) is 0 Å². The summed E-state index contributed by atoms with van der Waals surface area (Å²) in [6.45, 7) is 10.3. The lowest BCUT2D eigenvalue weighted by Crippen LogP contribution is -2.07. The summed E-state index contributed by atoms with van der Waals surface area (Å²) in [6.07, 6.45) is 0.477. The fraction of sp³-hybridized carbons (Fsp3) is 0.316. The highest BCUT2D eigenvalue weighted by atomic mass is 16.1. The number of hydrogen-bond acceptors (Lipinski definition) is 1. The van der Waals surface area contributed by atoms with Crippen molar-refractivity contribution in [1.82, 2.24) is 0 Å². The molecule has 104 valence electrons. The van der Waals surface area contributed by atoms with Crippen LogP contribution in [-0.2, 0) is 6.42 Å². The van der Waals surface area contributed by atoms with Gasteiger partial charge in [0, 0.05) is 12.0 Å². The quantitative estimate of drug-likeness (QED) is 0.739. The number of carbonyl (C=O) groups excluding carboxylic acids is 1. The monoisotopic (exact) mass is 266 g/mol. The van der Waals surface area contributed by atoms with Crippen LogP contribution in [0.5, 0.6) is 0 Å². The zero-order valence-corrected chi connectivity index (χ0v) is 13.0. The van der Waals surface area contributed by atoms with Crippen molar-refractivity contribution in [3.8, 4) is 0 Å². The van der Waals surface area contributed by atoms with E-state index in [1.54, 1.807) is 0 Å². The maximum Gasteiger partial charge on any atom is 0.167 e. The van der Waals surface area contributed by atoms with Gasteiger partial charge in [0.1, 0.15) is 0 Å². The highest BCUT2D eigenvalue weighted by molar-refractivity contribution is 5.99. The van der Waals surface area contributed by atoms with Crippen molar-refractivity contribution in [2.45, 2.75) is 41.0 Å². The maximum atomic E-state index is 12.5. The van der Waals surface area contributed by atoms with Crippen LogP contribution in [0, 0.1) is 34.6 Å². The highest BCUT2D eigenvalue weighted by Gasteiger charge is 2.12. The van der Waals surface area contributed by atoms with E-state index < -0.39 is 0 Å². The minimum atomic E-state index is 0.203. The second-order valence-corrected chi connectivity index (χ2v) is 5.77. The maximum absolute atomic E-state index is 12.5. The van der Waals surface area contributed by atoms with Crippen LogP contribution in [0.4, 0.5) is 0 Å². The Kier molecular flexibility index (Phi) is 4.08. The van der Waals surface area contributed by atoms with Gasteiger partial charge in [-0.3, -0.25) is 4.79 Å². The Morgan fingerprint density at radius 1 is 0.750 bits per heavy atom. The van der Waals surface area contributed by atoms with Crippen LogP contribution in [0.2, 0.25) is 0 Å². The van der Waals surface area contributed by atoms with Gasteiger partial charge in [-0.1, -0.05) is 24.3 Å². The summed E-state index contributed by atoms with van der Waals surface area (Å²) in [5.74, 6) is 0.203. The zero-order valence-electron chi connectivity index (χ0n) is 13.0. The van der Waals surface area contributed by atoms with E-state index in [1.165, 1.54) is 22.3 Å². The van der Waals surface area contributed by atoms with Crippen molar-refractivity contribution in [3.63, 3.8) is 0 Å².